The number of fused-ring (bicyclic) bond motifs is 1. The SMILES string of the molecule is Cl.NC1CCC2(CC1)Cc1ccccc1O2. The van der Waals surface area contributed by atoms with Crippen LogP contribution in [-0.4, -0.2) is 11.6 Å². The lowest BCUT2D eigenvalue weighted by Gasteiger charge is -2.35. The first-order valence-electron chi connectivity index (χ1n) is 5.80. The molecule has 1 heterocycles. The average Bonchev–Trinajstić information content (AvgIpc) is 2.61. The van der Waals surface area contributed by atoms with Gasteiger partial charge in [0, 0.05) is 12.5 Å². The zero-order valence-corrected chi connectivity index (χ0v) is 10.1. The van der Waals surface area contributed by atoms with Crippen molar-refractivity contribution < 1.29 is 4.74 Å². The second-order valence-electron chi connectivity index (χ2n) is 4.91. The fraction of sp³-hybridized carbons (Fsp3) is 0.538. The van der Waals surface area contributed by atoms with E-state index >= 15 is 0 Å². The van der Waals surface area contributed by atoms with Gasteiger partial charge in [-0.15, -0.1) is 12.4 Å². The van der Waals surface area contributed by atoms with Crippen molar-refractivity contribution in [3.8, 4) is 5.75 Å². The molecule has 1 aliphatic heterocycles. The molecule has 1 aromatic carbocycles. The van der Waals surface area contributed by atoms with Gasteiger partial charge in [-0.1, -0.05) is 18.2 Å². The second kappa shape index (κ2) is 4.27. The van der Waals surface area contributed by atoms with E-state index in [0.717, 1.165) is 37.9 Å². The minimum Gasteiger partial charge on any atom is -0.487 e. The van der Waals surface area contributed by atoms with Crippen molar-refractivity contribution in [1.82, 2.24) is 0 Å². The molecule has 1 saturated carbocycles. The summed E-state index contributed by atoms with van der Waals surface area (Å²) >= 11 is 0. The molecule has 3 heteroatoms. The quantitative estimate of drug-likeness (QED) is 0.756. The van der Waals surface area contributed by atoms with E-state index in [2.05, 4.69) is 18.2 Å². The van der Waals surface area contributed by atoms with E-state index in [0.29, 0.717) is 6.04 Å². The fourth-order valence-corrected chi connectivity index (χ4v) is 2.81. The lowest BCUT2D eigenvalue weighted by Crippen LogP contribution is -2.42. The molecule has 0 amide bonds. The van der Waals surface area contributed by atoms with E-state index in [1.165, 1.54) is 5.56 Å². The smallest absolute Gasteiger partial charge is 0.123 e. The van der Waals surface area contributed by atoms with E-state index in [1.807, 2.05) is 6.07 Å². The van der Waals surface area contributed by atoms with Crippen molar-refractivity contribution in [2.75, 3.05) is 0 Å². The highest BCUT2D eigenvalue weighted by atomic mass is 35.5. The number of benzene rings is 1. The van der Waals surface area contributed by atoms with Gasteiger partial charge in [-0.05, 0) is 37.3 Å². The lowest BCUT2D eigenvalue weighted by atomic mass is 9.80. The van der Waals surface area contributed by atoms with Crippen molar-refractivity contribution in [2.45, 2.75) is 43.7 Å². The summed E-state index contributed by atoms with van der Waals surface area (Å²) in [6.07, 6.45) is 5.52. The molecule has 0 bridgehead atoms. The minimum absolute atomic E-state index is 0. The lowest BCUT2D eigenvalue weighted by molar-refractivity contribution is 0.0474. The van der Waals surface area contributed by atoms with Crippen molar-refractivity contribution in [3.63, 3.8) is 0 Å². The summed E-state index contributed by atoms with van der Waals surface area (Å²) in [6, 6.07) is 8.79. The normalized spacial score (nSPS) is 31.7. The number of para-hydroxylation sites is 1. The Morgan fingerprint density at radius 1 is 1.19 bits per heavy atom. The van der Waals surface area contributed by atoms with Crippen LogP contribution in [0.3, 0.4) is 0 Å². The molecule has 0 atom stereocenters. The van der Waals surface area contributed by atoms with Crippen molar-refractivity contribution in [3.05, 3.63) is 29.8 Å². The highest BCUT2D eigenvalue weighted by Gasteiger charge is 2.41. The predicted octanol–water partition coefficient (Wildman–Crippen LogP) is 2.68. The summed E-state index contributed by atoms with van der Waals surface area (Å²) in [4.78, 5) is 0. The molecule has 1 fully saturated rings. The molecule has 16 heavy (non-hydrogen) atoms. The van der Waals surface area contributed by atoms with Gasteiger partial charge < -0.3 is 10.5 Å². The van der Waals surface area contributed by atoms with Gasteiger partial charge in [0.25, 0.3) is 0 Å². The molecule has 2 N–H and O–H groups in total. The first-order valence-corrected chi connectivity index (χ1v) is 5.80. The Hall–Kier alpha value is -0.730. The van der Waals surface area contributed by atoms with Crippen LogP contribution in [0.4, 0.5) is 0 Å². The third-order valence-electron chi connectivity index (χ3n) is 3.75. The van der Waals surface area contributed by atoms with E-state index in [1.54, 1.807) is 0 Å². The first kappa shape index (κ1) is 11.7. The van der Waals surface area contributed by atoms with Gasteiger partial charge >= 0.3 is 0 Å². The molecule has 2 aliphatic rings. The molecule has 88 valence electrons. The molecule has 0 saturated heterocycles. The molecule has 1 aliphatic carbocycles. The van der Waals surface area contributed by atoms with Crippen molar-refractivity contribution in [1.29, 1.82) is 0 Å². The number of hydrogen-bond acceptors (Lipinski definition) is 2. The molecule has 0 radical (unpaired) electrons. The third-order valence-corrected chi connectivity index (χ3v) is 3.75. The Morgan fingerprint density at radius 2 is 1.88 bits per heavy atom. The Kier molecular flexibility index (Phi) is 3.13. The Bertz CT molecular complexity index is 345. The summed E-state index contributed by atoms with van der Waals surface area (Å²) in [5.74, 6) is 1.09. The van der Waals surface area contributed by atoms with Gasteiger partial charge in [0.15, 0.2) is 0 Å². The third kappa shape index (κ3) is 1.92. The number of hydrogen-bond donors (Lipinski definition) is 1. The van der Waals surface area contributed by atoms with Crippen LogP contribution in [-0.2, 0) is 6.42 Å². The van der Waals surface area contributed by atoms with Crippen LogP contribution in [0, 0.1) is 0 Å². The zero-order valence-electron chi connectivity index (χ0n) is 9.32. The summed E-state index contributed by atoms with van der Waals surface area (Å²) in [6.45, 7) is 0. The highest BCUT2D eigenvalue weighted by Crippen LogP contribution is 2.42. The molecule has 3 rings (SSSR count). The van der Waals surface area contributed by atoms with Crippen LogP contribution < -0.4 is 10.5 Å². The Balaban J connectivity index is 0.000000963. The molecular weight excluding hydrogens is 222 g/mol. The van der Waals surface area contributed by atoms with Crippen LogP contribution in [0.2, 0.25) is 0 Å². The fourth-order valence-electron chi connectivity index (χ4n) is 2.81. The van der Waals surface area contributed by atoms with E-state index in [9.17, 15) is 0 Å². The molecule has 0 aromatic heterocycles. The maximum Gasteiger partial charge on any atom is 0.123 e. The maximum atomic E-state index is 6.13. The zero-order chi connectivity index (χ0) is 10.3. The van der Waals surface area contributed by atoms with Crippen LogP contribution in [0.15, 0.2) is 24.3 Å². The van der Waals surface area contributed by atoms with Gasteiger partial charge in [0.05, 0.1) is 0 Å². The highest BCUT2D eigenvalue weighted by molar-refractivity contribution is 5.85. The van der Waals surface area contributed by atoms with Gasteiger partial charge in [-0.2, -0.15) is 0 Å². The average molecular weight is 240 g/mol. The maximum absolute atomic E-state index is 6.13. The van der Waals surface area contributed by atoms with Crippen molar-refractivity contribution >= 4 is 12.4 Å². The summed E-state index contributed by atoms with van der Waals surface area (Å²) in [5, 5.41) is 0. The molecule has 1 spiro atoms. The Morgan fingerprint density at radius 3 is 2.56 bits per heavy atom. The van der Waals surface area contributed by atoms with E-state index in [4.69, 9.17) is 10.5 Å². The molecule has 1 aromatic rings. The number of halogens is 1. The van der Waals surface area contributed by atoms with E-state index < -0.39 is 0 Å². The van der Waals surface area contributed by atoms with Gasteiger partial charge in [0.2, 0.25) is 0 Å². The molecule has 0 unspecified atom stereocenters. The largest absolute Gasteiger partial charge is 0.487 e. The summed E-state index contributed by atoms with van der Waals surface area (Å²) in [7, 11) is 0. The van der Waals surface area contributed by atoms with Gasteiger partial charge in [-0.25, -0.2) is 0 Å². The number of nitrogens with two attached hydrogens (primary N) is 1. The standard InChI is InChI=1S/C13H17NO.ClH/c14-11-5-7-13(8-6-11)9-10-3-1-2-4-12(10)15-13;/h1-4,11H,5-9,14H2;1H. The number of rotatable bonds is 0. The minimum atomic E-state index is 0. The number of ether oxygens (including phenoxy) is 1. The Labute approximate surface area is 103 Å². The first-order chi connectivity index (χ1) is 7.27. The van der Waals surface area contributed by atoms with Crippen LogP contribution in [0.1, 0.15) is 31.2 Å². The van der Waals surface area contributed by atoms with Gasteiger partial charge in [-0.3, -0.25) is 0 Å². The monoisotopic (exact) mass is 239 g/mol. The van der Waals surface area contributed by atoms with Gasteiger partial charge in [0.1, 0.15) is 11.4 Å². The van der Waals surface area contributed by atoms with Crippen LogP contribution in [0.25, 0.3) is 0 Å². The topological polar surface area (TPSA) is 35.2 Å². The summed E-state index contributed by atoms with van der Waals surface area (Å²) in [5.41, 5.74) is 7.39. The van der Waals surface area contributed by atoms with E-state index in [-0.39, 0.29) is 18.0 Å². The summed E-state index contributed by atoms with van der Waals surface area (Å²) < 4.78 is 6.13. The van der Waals surface area contributed by atoms with Crippen LogP contribution >= 0.6 is 12.4 Å². The predicted molar refractivity (Wildman–Crippen MR) is 67.2 cm³/mol. The van der Waals surface area contributed by atoms with Crippen LogP contribution in [0.5, 0.6) is 5.75 Å². The second-order valence-corrected chi connectivity index (χ2v) is 4.91. The van der Waals surface area contributed by atoms with Crippen molar-refractivity contribution in [2.24, 2.45) is 5.73 Å². The molecular formula is C13H18ClNO. The molecule has 2 nitrogen and oxygen atoms in total.